The molecule has 0 fully saturated rings. The van der Waals surface area contributed by atoms with E-state index in [9.17, 15) is 9.59 Å². The van der Waals surface area contributed by atoms with Crippen LogP contribution in [-0.2, 0) is 20.6 Å². The lowest BCUT2D eigenvalue weighted by Gasteiger charge is -2.09. The molecule has 0 saturated carbocycles. The van der Waals surface area contributed by atoms with Gasteiger partial charge in [0, 0.05) is 26.4 Å². The Balaban J connectivity index is 1.49. The molecule has 1 aromatic carbocycles. The van der Waals surface area contributed by atoms with Crippen LogP contribution in [0.3, 0.4) is 0 Å². The van der Waals surface area contributed by atoms with Crippen LogP contribution >= 0.6 is 11.8 Å². The zero-order valence-electron chi connectivity index (χ0n) is 15.8. The highest BCUT2D eigenvalue weighted by atomic mass is 32.2. The van der Waals surface area contributed by atoms with E-state index >= 15 is 0 Å². The van der Waals surface area contributed by atoms with Gasteiger partial charge in [-0.3, -0.25) is 13.9 Å². The van der Waals surface area contributed by atoms with Gasteiger partial charge in [0.2, 0.25) is 0 Å². The Morgan fingerprint density at radius 3 is 2.59 bits per heavy atom. The largest absolute Gasteiger partial charge is 0.493 e. The molecule has 0 aliphatic heterocycles. The molecule has 0 amide bonds. The van der Waals surface area contributed by atoms with Crippen molar-refractivity contribution < 1.29 is 4.74 Å². The Morgan fingerprint density at radius 2 is 1.85 bits per heavy atom. The lowest BCUT2D eigenvalue weighted by molar-refractivity contribution is 0.344. The van der Waals surface area contributed by atoms with Crippen molar-refractivity contribution in [3.05, 3.63) is 57.0 Å². The Kier molecular flexibility index (Phi) is 6.05. The number of benzene rings is 1. The zero-order chi connectivity index (χ0) is 19.4. The van der Waals surface area contributed by atoms with Crippen LogP contribution in [0.25, 0.3) is 11.2 Å². The number of fused-ring (bicyclic) bond motifs is 1. The standard InChI is InChI=1S/C19H24N4O3S/c1-14-5-7-15(8-6-14)26-10-12-27-11-4-9-23-18(24)16-17(20-13-21(16)2)22(3)19(23)25/h5-8,13H,4,9-12H2,1-3H3. The monoisotopic (exact) mass is 388 g/mol. The molecule has 0 spiro atoms. The lowest BCUT2D eigenvalue weighted by atomic mass is 10.2. The topological polar surface area (TPSA) is 71.1 Å². The number of rotatable bonds is 8. The van der Waals surface area contributed by atoms with Crippen LogP contribution in [0, 0.1) is 6.92 Å². The third-order valence-corrected chi connectivity index (χ3v) is 5.42. The van der Waals surface area contributed by atoms with E-state index in [1.54, 1.807) is 36.8 Å². The normalized spacial score (nSPS) is 11.2. The fraction of sp³-hybridized carbons (Fsp3) is 0.421. The number of aryl methyl sites for hydroxylation is 3. The summed E-state index contributed by atoms with van der Waals surface area (Å²) < 4.78 is 10.1. The van der Waals surface area contributed by atoms with E-state index in [2.05, 4.69) is 4.98 Å². The van der Waals surface area contributed by atoms with E-state index in [0.29, 0.717) is 24.3 Å². The number of imidazole rings is 1. The van der Waals surface area contributed by atoms with E-state index in [4.69, 9.17) is 4.74 Å². The van der Waals surface area contributed by atoms with Crippen LogP contribution in [-0.4, -0.2) is 36.8 Å². The van der Waals surface area contributed by atoms with Crippen LogP contribution in [0.4, 0.5) is 0 Å². The minimum absolute atomic E-state index is 0.277. The van der Waals surface area contributed by atoms with Gasteiger partial charge in [0.15, 0.2) is 11.2 Å². The maximum Gasteiger partial charge on any atom is 0.332 e. The van der Waals surface area contributed by atoms with Crippen molar-refractivity contribution in [1.29, 1.82) is 0 Å². The van der Waals surface area contributed by atoms with Crippen molar-refractivity contribution in [2.45, 2.75) is 19.9 Å². The number of aromatic nitrogens is 4. The maximum absolute atomic E-state index is 12.6. The number of ether oxygens (including phenoxy) is 1. The minimum Gasteiger partial charge on any atom is -0.493 e. The van der Waals surface area contributed by atoms with Crippen molar-refractivity contribution in [3.8, 4) is 5.75 Å². The van der Waals surface area contributed by atoms with Gasteiger partial charge in [-0.2, -0.15) is 11.8 Å². The molecule has 0 saturated heterocycles. The van der Waals surface area contributed by atoms with Gasteiger partial charge in [-0.05, 0) is 31.2 Å². The van der Waals surface area contributed by atoms with Crippen LogP contribution < -0.4 is 16.0 Å². The highest BCUT2D eigenvalue weighted by molar-refractivity contribution is 7.99. The van der Waals surface area contributed by atoms with Gasteiger partial charge in [-0.25, -0.2) is 9.78 Å². The summed E-state index contributed by atoms with van der Waals surface area (Å²) in [4.78, 5) is 29.1. The number of nitrogens with zero attached hydrogens (tertiary/aromatic N) is 4. The molecule has 0 unspecified atom stereocenters. The second-order valence-electron chi connectivity index (χ2n) is 6.45. The van der Waals surface area contributed by atoms with Gasteiger partial charge in [0.1, 0.15) is 5.75 Å². The van der Waals surface area contributed by atoms with Crippen molar-refractivity contribution >= 4 is 22.9 Å². The average Bonchev–Trinajstić information content (AvgIpc) is 3.05. The van der Waals surface area contributed by atoms with Gasteiger partial charge < -0.3 is 9.30 Å². The molecule has 7 nitrogen and oxygen atoms in total. The maximum atomic E-state index is 12.6. The minimum atomic E-state index is -0.320. The van der Waals surface area contributed by atoms with Gasteiger partial charge >= 0.3 is 5.69 Å². The highest BCUT2D eigenvalue weighted by Crippen LogP contribution is 2.12. The van der Waals surface area contributed by atoms with Crippen molar-refractivity contribution in [1.82, 2.24) is 18.7 Å². The number of thioether (sulfide) groups is 1. The molecule has 0 aliphatic rings. The molecule has 2 aromatic heterocycles. The zero-order valence-corrected chi connectivity index (χ0v) is 16.7. The molecule has 8 heteroatoms. The predicted molar refractivity (Wildman–Crippen MR) is 109 cm³/mol. The average molecular weight is 388 g/mol. The first kappa shape index (κ1) is 19.3. The summed E-state index contributed by atoms with van der Waals surface area (Å²) in [5.41, 5.74) is 1.49. The van der Waals surface area contributed by atoms with E-state index in [1.165, 1.54) is 14.7 Å². The lowest BCUT2D eigenvalue weighted by Crippen LogP contribution is -2.39. The molecule has 3 aromatic rings. The van der Waals surface area contributed by atoms with Crippen LogP contribution in [0.15, 0.2) is 40.2 Å². The molecule has 144 valence electrons. The highest BCUT2D eigenvalue weighted by Gasteiger charge is 2.14. The Morgan fingerprint density at radius 1 is 1.11 bits per heavy atom. The van der Waals surface area contributed by atoms with E-state index in [0.717, 1.165) is 23.7 Å². The van der Waals surface area contributed by atoms with Gasteiger partial charge in [-0.1, -0.05) is 17.7 Å². The first-order valence-electron chi connectivity index (χ1n) is 8.87. The van der Waals surface area contributed by atoms with Gasteiger partial charge in [0.25, 0.3) is 5.56 Å². The molecule has 0 radical (unpaired) electrons. The predicted octanol–water partition coefficient (Wildman–Crippen LogP) is 1.94. The first-order valence-corrected chi connectivity index (χ1v) is 10.0. The van der Waals surface area contributed by atoms with Crippen molar-refractivity contribution in [2.24, 2.45) is 14.1 Å². The quantitative estimate of drug-likeness (QED) is 0.552. The van der Waals surface area contributed by atoms with E-state index in [1.807, 2.05) is 31.2 Å². The number of hydrogen-bond donors (Lipinski definition) is 0. The van der Waals surface area contributed by atoms with E-state index in [-0.39, 0.29) is 11.2 Å². The molecule has 0 bridgehead atoms. The molecule has 2 heterocycles. The van der Waals surface area contributed by atoms with Gasteiger partial charge in [-0.15, -0.1) is 0 Å². The third kappa shape index (κ3) is 4.27. The molecule has 0 atom stereocenters. The van der Waals surface area contributed by atoms with Crippen LogP contribution in [0.1, 0.15) is 12.0 Å². The summed E-state index contributed by atoms with van der Waals surface area (Å²) in [6.07, 6.45) is 2.30. The van der Waals surface area contributed by atoms with E-state index < -0.39 is 0 Å². The molecular weight excluding hydrogens is 364 g/mol. The fourth-order valence-corrected chi connectivity index (χ4v) is 3.61. The summed E-state index contributed by atoms with van der Waals surface area (Å²) in [5, 5.41) is 0. The summed E-state index contributed by atoms with van der Waals surface area (Å²) in [6, 6.07) is 7.99. The smallest absolute Gasteiger partial charge is 0.332 e. The van der Waals surface area contributed by atoms with Crippen LogP contribution in [0.5, 0.6) is 5.75 Å². The van der Waals surface area contributed by atoms with Crippen molar-refractivity contribution in [2.75, 3.05) is 18.1 Å². The summed E-state index contributed by atoms with van der Waals surface area (Å²) in [7, 11) is 3.40. The molecule has 0 aliphatic carbocycles. The first-order chi connectivity index (χ1) is 13.0. The third-order valence-electron chi connectivity index (χ3n) is 4.39. The second-order valence-corrected chi connectivity index (χ2v) is 7.68. The van der Waals surface area contributed by atoms with Gasteiger partial charge in [0.05, 0.1) is 12.9 Å². The summed E-state index contributed by atoms with van der Waals surface area (Å²) in [5.74, 6) is 2.60. The SMILES string of the molecule is Cc1ccc(OCCSCCCn2c(=O)c3c(ncn3C)n(C)c2=O)cc1. The van der Waals surface area contributed by atoms with Crippen LogP contribution in [0.2, 0.25) is 0 Å². The Labute approximate surface area is 161 Å². The fourth-order valence-electron chi connectivity index (χ4n) is 2.87. The number of hydrogen-bond acceptors (Lipinski definition) is 5. The second kappa shape index (κ2) is 8.47. The summed E-state index contributed by atoms with van der Waals surface area (Å²) in [6.45, 7) is 3.08. The Hall–Kier alpha value is -2.48. The molecule has 27 heavy (non-hydrogen) atoms. The van der Waals surface area contributed by atoms with Crippen molar-refractivity contribution in [3.63, 3.8) is 0 Å². The molecule has 3 rings (SSSR count). The Bertz CT molecular complexity index is 1030. The molecular formula is C19H24N4O3S. The molecule has 0 N–H and O–H groups in total. The summed E-state index contributed by atoms with van der Waals surface area (Å²) >= 11 is 1.75.